The van der Waals surface area contributed by atoms with E-state index in [1.54, 1.807) is 6.92 Å². The van der Waals surface area contributed by atoms with Gasteiger partial charge in [-0.3, -0.25) is 0 Å². The van der Waals surface area contributed by atoms with E-state index in [9.17, 15) is 20.4 Å². The minimum absolute atomic E-state index is 0.143. The first kappa shape index (κ1) is 14.3. The van der Waals surface area contributed by atoms with Crippen LogP contribution in [0.25, 0.3) is 0 Å². The molecule has 0 aromatic rings. The lowest BCUT2D eigenvalue weighted by atomic mass is 9.73. The van der Waals surface area contributed by atoms with Crippen LogP contribution in [0, 0.1) is 17.8 Å². The first-order valence-corrected chi connectivity index (χ1v) is 7.01. The van der Waals surface area contributed by atoms with Gasteiger partial charge in [0, 0.05) is 5.92 Å². The van der Waals surface area contributed by atoms with Crippen molar-refractivity contribution in [1.82, 2.24) is 0 Å². The largest absolute Gasteiger partial charge is 0.390 e. The van der Waals surface area contributed by atoms with Gasteiger partial charge in [0.25, 0.3) is 0 Å². The van der Waals surface area contributed by atoms with Crippen LogP contribution in [0.4, 0.5) is 0 Å². The lowest BCUT2D eigenvalue weighted by Crippen LogP contribution is -2.54. The summed E-state index contributed by atoms with van der Waals surface area (Å²) < 4.78 is 0. The summed E-state index contributed by atoms with van der Waals surface area (Å²) in [7, 11) is 0. The minimum Gasteiger partial charge on any atom is -0.390 e. The molecular formula is C14H26O4. The molecule has 4 N–H and O–H groups in total. The van der Waals surface area contributed by atoms with Gasteiger partial charge in [0.1, 0.15) is 0 Å². The Bertz CT molecular complexity index is 315. The first-order chi connectivity index (χ1) is 8.20. The van der Waals surface area contributed by atoms with Crippen LogP contribution in [0.15, 0.2) is 0 Å². The summed E-state index contributed by atoms with van der Waals surface area (Å²) in [6, 6.07) is 0. The van der Waals surface area contributed by atoms with E-state index in [0.29, 0.717) is 25.2 Å². The quantitative estimate of drug-likeness (QED) is 0.557. The van der Waals surface area contributed by atoms with E-state index in [-0.39, 0.29) is 5.92 Å². The molecule has 0 aromatic carbocycles. The third-order valence-corrected chi connectivity index (χ3v) is 5.25. The Kier molecular flexibility index (Phi) is 3.52. The predicted molar refractivity (Wildman–Crippen MR) is 67.9 cm³/mol. The fourth-order valence-electron chi connectivity index (χ4n) is 3.97. The van der Waals surface area contributed by atoms with Gasteiger partial charge < -0.3 is 20.4 Å². The molecule has 2 saturated carbocycles. The molecule has 0 spiro atoms. The highest BCUT2D eigenvalue weighted by Crippen LogP contribution is 2.52. The fourth-order valence-corrected chi connectivity index (χ4v) is 3.97. The summed E-state index contributed by atoms with van der Waals surface area (Å²) in [5, 5.41) is 41.8. The van der Waals surface area contributed by atoms with Gasteiger partial charge in [0.15, 0.2) is 0 Å². The van der Waals surface area contributed by atoms with Crippen LogP contribution < -0.4 is 0 Å². The maximum Gasteiger partial charge on any atom is 0.0961 e. The minimum atomic E-state index is -1.24. The second-order valence-electron chi connectivity index (χ2n) is 6.82. The van der Waals surface area contributed by atoms with Gasteiger partial charge in [-0.2, -0.15) is 0 Å². The second-order valence-corrected chi connectivity index (χ2v) is 6.82. The van der Waals surface area contributed by atoms with Crippen molar-refractivity contribution in [1.29, 1.82) is 0 Å². The van der Waals surface area contributed by atoms with Gasteiger partial charge in [-0.1, -0.05) is 13.8 Å². The summed E-state index contributed by atoms with van der Waals surface area (Å²) >= 11 is 0. The molecule has 0 bridgehead atoms. The van der Waals surface area contributed by atoms with Crippen LogP contribution in [0.3, 0.4) is 0 Å². The summed E-state index contributed by atoms with van der Waals surface area (Å²) in [5.74, 6) is 0.0222. The number of aliphatic hydroxyl groups is 4. The molecule has 0 saturated heterocycles. The van der Waals surface area contributed by atoms with Gasteiger partial charge in [0.2, 0.25) is 0 Å². The normalized spacial score (nSPS) is 53.3. The standard InChI is InChI=1S/C14H26O4/c1-8(2)9-4-7-14(18)10(15)5-6-13(3,17)12(16)11(9)14/h8-12,15-18H,4-7H2,1-3H3. The van der Waals surface area contributed by atoms with Crippen molar-refractivity contribution < 1.29 is 20.4 Å². The van der Waals surface area contributed by atoms with Crippen molar-refractivity contribution in [2.75, 3.05) is 0 Å². The number of aliphatic hydroxyl groups excluding tert-OH is 2. The monoisotopic (exact) mass is 258 g/mol. The molecule has 0 aliphatic heterocycles. The SMILES string of the molecule is CC(C)C1CCC2(O)C(O)CCC(C)(O)C(O)C12. The molecule has 0 amide bonds. The molecule has 2 aliphatic rings. The summed E-state index contributed by atoms with van der Waals surface area (Å²) in [4.78, 5) is 0. The Labute approximate surface area is 109 Å². The van der Waals surface area contributed by atoms with Gasteiger partial charge in [-0.05, 0) is 44.4 Å². The maximum atomic E-state index is 10.8. The van der Waals surface area contributed by atoms with Crippen LogP contribution in [-0.4, -0.2) is 43.8 Å². The van der Waals surface area contributed by atoms with Crippen molar-refractivity contribution in [3.63, 3.8) is 0 Å². The highest BCUT2D eigenvalue weighted by molar-refractivity contribution is 5.10. The first-order valence-electron chi connectivity index (χ1n) is 7.01. The number of hydrogen-bond donors (Lipinski definition) is 4. The molecule has 106 valence electrons. The van der Waals surface area contributed by atoms with E-state index in [1.807, 2.05) is 0 Å². The van der Waals surface area contributed by atoms with Gasteiger partial charge in [-0.15, -0.1) is 0 Å². The second kappa shape index (κ2) is 4.44. The van der Waals surface area contributed by atoms with Crippen LogP contribution in [0.5, 0.6) is 0 Å². The molecule has 2 aliphatic carbocycles. The Morgan fingerprint density at radius 3 is 2.22 bits per heavy atom. The van der Waals surface area contributed by atoms with E-state index in [4.69, 9.17) is 0 Å². The topological polar surface area (TPSA) is 80.9 Å². The molecular weight excluding hydrogens is 232 g/mol. The zero-order valence-corrected chi connectivity index (χ0v) is 11.5. The van der Waals surface area contributed by atoms with Crippen LogP contribution >= 0.6 is 0 Å². The highest BCUT2D eigenvalue weighted by atomic mass is 16.4. The molecule has 0 aromatic heterocycles. The van der Waals surface area contributed by atoms with Crippen LogP contribution in [0.2, 0.25) is 0 Å². The van der Waals surface area contributed by atoms with Gasteiger partial charge in [-0.25, -0.2) is 0 Å². The van der Waals surface area contributed by atoms with E-state index >= 15 is 0 Å². The number of rotatable bonds is 1. The van der Waals surface area contributed by atoms with Crippen LogP contribution in [0.1, 0.15) is 46.5 Å². The van der Waals surface area contributed by atoms with Crippen molar-refractivity contribution in [3.05, 3.63) is 0 Å². The average molecular weight is 258 g/mol. The average Bonchev–Trinajstić information content (AvgIpc) is 2.61. The van der Waals surface area contributed by atoms with E-state index in [2.05, 4.69) is 13.8 Å². The van der Waals surface area contributed by atoms with Gasteiger partial charge in [0.05, 0.1) is 23.4 Å². The summed E-state index contributed by atoms with van der Waals surface area (Å²) in [6.45, 7) is 5.73. The van der Waals surface area contributed by atoms with E-state index < -0.39 is 29.3 Å². The smallest absolute Gasteiger partial charge is 0.0961 e. The van der Waals surface area contributed by atoms with Crippen molar-refractivity contribution >= 4 is 0 Å². The zero-order chi connectivity index (χ0) is 13.7. The molecule has 2 rings (SSSR count). The van der Waals surface area contributed by atoms with E-state index in [0.717, 1.165) is 6.42 Å². The Balaban J connectivity index is 2.40. The van der Waals surface area contributed by atoms with Crippen molar-refractivity contribution in [2.45, 2.75) is 69.9 Å². The molecule has 6 unspecified atom stereocenters. The third-order valence-electron chi connectivity index (χ3n) is 5.25. The Morgan fingerprint density at radius 2 is 1.67 bits per heavy atom. The number of hydrogen-bond acceptors (Lipinski definition) is 4. The Hall–Kier alpha value is -0.160. The third kappa shape index (κ3) is 1.99. The highest BCUT2D eigenvalue weighted by Gasteiger charge is 2.59. The van der Waals surface area contributed by atoms with E-state index in [1.165, 1.54) is 0 Å². The van der Waals surface area contributed by atoms with Gasteiger partial charge >= 0.3 is 0 Å². The molecule has 4 nitrogen and oxygen atoms in total. The summed E-state index contributed by atoms with van der Waals surface area (Å²) in [5.41, 5.74) is -2.47. The lowest BCUT2D eigenvalue weighted by molar-refractivity contribution is -0.157. The number of fused-ring (bicyclic) bond motifs is 1. The molecule has 2 fully saturated rings. The Morgan fingerprint density at radius 1 is 1.06 bits per heavy atom. The van der Waals surface area contributed by atoms with Crippen LogP contribution in [-0.2, 0) is 0 Å². The molecule has 18 heavy (non-hydrogen) atoms. The molecule has 4 heteroatoms. The predicted octanol–water partition coefficient (Wildman–Crippen LogP) is 0.666. The zero-order valence-electron chi connectivity index (χ0n) is 11.5. The molecule has 6 atom stereocenters. The lowest BCUT2D eigenvalue weighted by Gasteiger charge is -2.41. The molecule has 0 radical (unpaired) electrons. The maximum absolute atomic E-state index is 10.8. The van der Waals surface area contributed by atoms with Crippen molar-refractivity contribution in [2.24, 2.45) is 17.8 Å². The fraction of sp³-hybridized carbons (Fsp3) is 1.00. The summed E-state index contributed by atoms with van der Waals surface area (Å²) in [6.07, 6.45) is 0.128. The van der Waals surface area contributed by atoms with Crippen molar-refractivity contribution in [3.8, 4) is 0 Å². The molecule has 0 heterocycles.